The molecule has 19 heavy (non-hydrogen) atoms. The first-order valence-corrected chi connectivity index (χ1v) is 7.32. The monoisotopic (exact) mass is 281 g/mol. The van der Waals surface area contributed by atoms with Gasteiger partial charge in [0, 0.05) is 19.2 Å². The highest BCUT2D eigenvalue weighted by Crippen LogP contribution is 2.31. The maximum Gasteiger partial charge on any atom is 0.244 e. The molecule has 1 heterocycles. The Morgan fingerprint density at radius 2 is 2.00 bits per heavy atom. The summed E-state index contributed by atoms with van der Waals surface area (Å²) in [6.45, 7) is 0.971. The predicted molar refractivity (Wildman–Crippen MR) is 70.1 cm³/mol. The summed E-state index contributed by atoms with van der Waals surface area (Å²) in [7, 11) is -2.24. The van der Waals surface area contributed by atoms with E-state index < -0.39 is 10.0 Å². The van der Waals surface area contributed by atoms with E-state index in [9.17, 15) is 8.42 Å². The van der Waals surface area contributed by atoms with E-state index >= 15 is 0 Å². The van der Waals surface area contributed by atoms with Crippen LogP contribution in [0.4, 0.5) is 5.69 Å². The highest BCUT2D eigenvalue weighted by Gasteiger charge is 2.30. The summed E-state index contributed by atoms with van der Waals surface area (Å²) in [4.78, 5) is -0.0461. The van der Waals surface area contributed by atoms with E-state index in [2.05, 4.69) is 0 Å². The van der Waals surface area contributed by atoms with E-state index in [1.54, 1.807) is 0 Å². The largest absolute Gasteiger partial charge is 0.495 e. The van der Waals surface area contributed by atoms with Gasteiger partial charge in [-0.15, -0.1) is 0 Å². The fraction of sp³-hybridized carbons (Fsp3) is 0.417. The Balaban J connectivity index is 2.56. The number of hydrogen-bond donors (Lipinski definition) is 1. The molecule has 0 unspecified atom stereocenters. The standard InChI is InChI=1S/C12H15N3O3S/c1-18-11-6-9(8-13)12(7-10(11)14)19(16,17)15-4-2-3-5-15/h6-7H,2-5,14H2,1H3. The zero-order valence-electron chi connectivity index (χ0n) is 10.6. The van der Waals surface area contributed by atoms with Crippen LogP contribution in [0.2, 0.25) is 0 Å². The second-order valence-corrected chi connectivity index (χ2v) is 6.22. The van der Waals surface area contributed by atoms with Crippen molar-refractivity contribution < 1.29 is 13.2 Å². The van der Waals surface area contributed by atoms with Crippen LogP contribution in [0.25, 0.3) is 0 Å². The maximum atomic E-state index is 12.4. The summed E-state index contributed by atoms with van der Waals surface area (Å²) in [5, 5.41) is 9.11. The van der Waals surface area contributed by atoms with Gasteiger partial charge in [-0.3, -0.25) is 0 Å². The Labute approximate surface area is 112 Å². The van der Waals surface area contributed by atoms with Crippen molar-refractivity contribution in [2.24, 2.45) is 0 Å². The van der Waals surface area contributed by atoms with Crippen LogP contribution in [0, 0.1) is 11.3 Å². The Bertz CT molecular complexity index is 628. The SMILES string of the molecule is COc1cc(C#N)c(S(=O)(=O)N2CCCC2)cc1N. The Kier molecular flexibility index (Phi) is 3.64. The molecule has 0 atom stereocenters. The molecule has 0 saturated carbocycles. The molecule has 102 valence electrons. The van der Waals surface area contributed by atoms with Crippen molar-refractivity contribution in [1.82, 2.24) is 4.31 Å². The highest BCUT2D eigenvalue weighted by atomic mass is 32.2. The van der Waals surface area contributed by atoms with Crippen LogP contribution in [0.15, 0.2) is 17.0 Å². The molecule has 6 nitrogen and oxygen atoms in total. The minimum atomic E-state index is -3.65. The molecule has 0 aromatic heterocycles. The van der Waals surface area contributed by atoms with E-state index in [4.69, 9.17) is 15.7 Å². The third-order valence-electron chi connectivity index (χ3n) is 3.14. The number of nitrogens with zero attached hydrogens (tertiary/aromatic N) is 2. The zero-order valence-corrected chi connectivity index (χ0v) is 11.4. The number of rotatable bonds is 3. The van der Waals surface area contributed by atoms with Crippen molar-refractivity contribution in [2.45, 2.75) is 17.7 Å². The van der Waals surface area contributed by atoms with Crippen LogP contribution < -0.4 is 10.5 Å². The molecule has 2 rings (SSSR count). The van der Waals surface area contributed by atoms with Gasteiger partial charge >= 0.3 is 0 Å². The van der Waals surface area contributed by atoms with Gasteiger partial charge in [-0.1, -0.05) is 0 Å². The minimum absolute atomic E-state index is 0.0461. The van der Waals surface area contributed by atoms with Crippen LogP contribution in [-0.4, -0.2) is 32.9 Å². The van der Waals surface area contributed by atoms with Crippen molar-refractivity contribution in [3.05, 3.63) is 17.7 Å². The Morgan fingerprint density at radius 1 is 1.37 bits per heavy atom. The summed E-state index contributed by atoms with van der Waals surface area (Å²) in [6.07, 6.45) is 1.68. The number of hydrogen-bond acceptors (Lipinski definition) is 5. The van der Waals surface area contributed by atoms with Gasteiger partial charge in [-0.25, -0.2) is 8.42 Å². The summed E-state index contributed by atoms with van der Waals surface area (Å²) < 4.78 is 31.3. The maximum absolute atomic E-state index is 12.4. The molecular formula is C12H15N3O3S. The molecule has 1 aliphatic heterocycles. The number of nitrogen functional groups attached to an aromatic ring is 1. The summed E-state index contributed by atoms with van der Waals surface area (Å²) in [6, 6.07) is 4.54. The van der Waals surface area contributed by atoms with Crippen molar-refractivity contribution in [3.63, 3.8) is 0 Å². The normalized spacial score (nSPS) is 16.2. The number of sulfonamides is 1. The van der Waals surface area contributed by atoms with Crippen molar-refractivity contribution in [3.8, 4) is 11.8 Å². The van der Waals surface area contributed by atoms with Crippen LogP contribution >= 0.6 is 0 Å². The molecule has 1 aromatic carbocycles. The third kappa shape index (κ3) is 2.37. The van der Waals surface area contributed by atoms with E-state index in [0.29, 0.717) is 18.8 Å². The van der Waals surface area contributed by atoms with E-state index in [1.165, 1.54) is 23.5 Å². The van der Waals surface area contributed by atoms with Gasteiger partial charge < -0.3 is 10.5 Å². The number of nitrogens with two attached hydrogens (primary N) is 1. The molecule has 1 saturated heterocycles. The lowest BCUT2D eigenvalue weighted by Gasteiger charge is -2.17. The average molecular weight is 281 g/mol. The zero-order chi connectivity index (χ0) is 14.0. The van der Waals surface area contributed by atoms with Crippen molar-refractivity contribution in [1.29, 1.82) is 5.26 Å². The lowest BCUT2D eigenvalue weighted by atomic mass is 10.2. The third-order valence-corrected chi connectivity index (χ3v) is 5.07. The van der Waals surface area contributed by atoms with Crippen LogP contribution in [-0.2, 0) is 10.0 Å². The Hall–Kier alpha value is -1.78. The molecule has 7 heteroatoms. The second-order valence-electron chi connectivity index (χ2n) is 4.31. The number of nitriles is 1. The van der Waals surface area contributed by atoms with E-state index in [0.717, 1.165) is 12.8 Å². The van der Waals surface area contributed by atoms with Crippen LogP contribution in [0.3, 0.4) is 0 Å². The fourth-order valence-corrected chi connectivity index (χ4v) is 3.80. The van der Waals surface area contributed by atoms with Gasteiger partial charge in [0.25, 0.3) is 0 Å². The van der Waals surface area contributed by atoms with Crippen LogP contribution in [0.5, 0.6) is 5.75 Å². The molecule has 0 aliphatic carbocycles. The lowest BCUT2D eigenvalue weighted by molar-refractivity contribution is 0.416. The molecule has 1 aromatic rings. The fourth-order valence-electron chi connectivity index (χ4n) is 2.12. The van der Waals surface area contributed by atoms with Gasteiger partial charge in [-0.05, 0) is 18.9 Å². The number of anilines is 1. The lowest BCUT2D eigenvalue weighted by Crippen LogP contribution is -2.28. The summed E-state index contributed by atoms with van der Waals surface area (Å²) >= 11 is 0. The first kappa shape index (κ1) is 13.6. The molecule has 0 amide bonds. The smallest absolute Gasteiger partial charge is 0.244 e. The number of benzene rings is 1. The topological polar surface area (TPSA) is 96.4 Å². The summed E-state index contributed by atoms with van der Waals surface area (Å²) in [5.41, 5.74) is 5.99. The average Bonchev–Trinajstić information content (AvgIpc) is 2.93. The predicted octanol–water partition coefficient (Wildman–Crippen LogP) is 0.934. The first-order valence-electron chi connectivity index (χ1n) is 5.88. The van der Waals surface area contributed by atoms with E-state index in [1.807, 2.05) is 6.07 Å². The first-order chi connectivity index (χ1) is 9.00. The second kappa shape index (κ2) is 5.07. The molecule has 0 radical (unpaired) electrons. The molecule has 2 N–H and O–H groups in total. The molecule has 1 aliphatic rings. The highest BCUT2D eigenvalue weighted by molar-refractivity contribution is 7.89. The van der Waals surface area contributed by atoms with Gasteiger partial charge in [0.1, 0.15) is 16.7 Å². The van der Waals surface area contributed by atoms with E-state index in [-0.39, 0.29) is 16.1 Å². The molecular weight excluding hydrogens is 266 g/mol. The van der Waals surface area contributed by atoms with Crippen molar-refractivity contribution in [2.75, 3.05) is 25.9 Å². The number of ether oxygens (including phenoxy) is 1. The van der Waals surface area contributed by atoms with Gasteiger partial charge in [-0.2, -0.15) is 9.57 Å². The van der Waals surface area contributed by atoms with Crippen molar-refractivity contribution >= 4 is 15.7 Å². The molecule has 1 fully saturated rings. The molecule has 0 bridgehead atoms. The van der Waals surface area contributed by atoms with Gasteiger partial charge in [0.15, 0.2) is 0 Å². The van der Waals surface area contributed by atoms with Crippen LogP contribution in [0.1, 0.15) is 18.4 Å². The molecule has 0 spiro atoms. The minimum Gasteiger partial charge on any atom is -0.495 e. The number of methoxy groups -OCH3 is 1. The van der Waals surface area contributed by atoms with Gasteiger partial charge in [0.2, 0.25) is 10.0 Å². The summed E-state index contributed by atoms with van der Waals surface area (Å²) in [5.74, 6) is 0.303. The Morgan fingerprint density at radius 3 is 2.53 bits per heavy atom. The van der Waals surface area contributed by atoms with Gasteiger partial charge in [0.05, 0.1) is 18.4 Å². The quantitative estimate of drug-likeness (QED) is 0.831.